The third-order valence-electron chi connectivity index (χ3n) is 5.00. The van der Waals surface area contributed by atoms with E-state index in [1.54, 1.807) is 18.5 Å². The number of hydrogen-bond acceptors (Lipinski definition) is 7. The smallest absolute Gasteiger partial charge is 0.462 e. The van der Waals surface area contributed by atoms with E-state index in [4.69, 9.17) is 0 Å². The van der Waals surface area contributed by atoms with Crippen molar-refractivity contribution >= 4 is 51.2 Å². The Bertz CT molecular complexity index is 1130. The zero-order chi connectivity index (χ0) is 23.6. The third-order valence-corrected chi connectivity index (χ3v) is 7.32. The Morgan fingerprint density at radius 3 is 2.55 bits per heavy atom. The van der Waals surface area contributed by atoms with Crippen molar-refractivity contribution in [1.82, 2.24) is 15.0 Å². The summed E-state index contributed by atoms with van der Waals surface area (Å²) in [4.78, 5) is 27.3. The van der Waals surface area contributed by atoms with Gasteiger partial charge >= 0.3 is 3.26 Å². The van der Waals surface area contributed by atoms with Crippen LogP contribution in [0.1, 0.15) is 16.8 Å². The van der Waals surface area contributed by atoms with Crippen molar-refractivity contribution in [3.8, 4) is 11.1 Å². The molecule has 0 bridgehead atoms. The Morgan fingerprint density at radius 2 is 1.94 bits per heavy atom. The summed E-state index contributed by atoms with van der Waals surface area (Å²) in [6.45, 7) is 1.06. The van der Waals surface area contributed by atoms with Gasteiger partial charge in [0.2, 0.25) is 0 Å². The number of carbonyl (C=O) groups is 1. The number of hydrogen-bond donors (Lipinski definition) is 2. The Morgan fingerprint density at radius 1 is 1.24 bits per heavy atom. The summed E-state index contributed by atoms with van der Waals surface area (Å²) in [5, 5.41) is 12.6. The molecule has 2 atom stereocenters. The SMILES string of the molecule is O=C(Nc1ccc([S+]([O-])C(F)(F)I)cc1)c1cnc(N2CC[C@@H](O)C2)c(-c2cncnc2)c1. The van der Waals surface area contributed by atoms with E-state index in [2.05, 4.69) is 20.3 Å². The van der Waals surface area contributed by atoms with E-state index >= 15 is 0 Å². The second-order valence-corrected chi connectivity index (χ2v) is 10.9. The van der Waals surface area contributed by atoms with Crippen LogP contribution in [0.5, 0.6) is 0 Å². The quantitative estimate of drug-likeness (QED) is 0.259. The molecule has 1 aromatic carbocycles. The van der Waals surface area contributed by atoms with Crippen LogP contribution in [0.3, 0.4) is 0 Å². The Kier molecular flexibility index (Phi) is 7.07. The van der Waals surface area contributed by atoms with Crippen LogP contribution in [-0.2, 0) is 11.2 Å². The van der Waals surface area contributed by atoms with Crippen molar-refractivity contribution in [3.63, 3.8) is 0 Å². The van der Waals surface area contributed by atoms with Gasteiger partial charge in [-0.25, -0.2) is 15.0 Å². The molecule has 33 heavy (non-hydrogen) atoms. The average molecular weight is 585 g/mol. The number of nitrogens with zero attached hydrogens (tertiary/aromatic N) is 4. The van der Waals surface area contributed by atoms with Crippen LogP contribution in [0.25, 0.3) is 11.1 Å². The predicted molar refractivity (Wildman–Crippen MR) is 128 cm³/mol. The first kappa shape index (κ1) is 23.7. The van der Waals surface area contributed by atoms with E-state index in [-0.39, 0.29) is 10.5 Å². The van der Waals surface area contributed by atoms with E-state index < -0.39 is 26.4 Å². The lowest BCUT2D eigenvalue weighted by Gasteiger charge is -2.20. The molecule has 0 radical (unpaired) electrons. The lowest BCUT2D eigenvalue weighted by atomic mass is 10.1. The van der Waals surface area contributed by atoms with Crippen LogP contribution < -0.4 is 10.2 Å². The van der Waals surface area contributed by atoms with Crippen LogP contribution in [0.4, 0.5) is 20.3 Å². The highest BCUT2D eigenvalue weighted by atomic mass is 127. The van der Waals surface area contributed by atoms with E-state index in [1.807, 2.05) is 4.90 Å². The number of benzene rings is 1. The van der Waals surface area contributed by atoms with Gasteiger partial charge in [0, 0.05) is 48.5 Å². The first-order chi connectivity index (χ1) is 15.7. The zero-order valence-corrected chi connectivity index (χ0v) is 20.0. The highest BCUT2D eigenvalue weighted by molar-refractivity contribution is 14.1. The van der Waals surface area contributed by atoms with E-state index in [0.717, 1.165) is 22.6 Å². The summed E-state index contributed by atoms with van der Waals surface area (Å²) < 4.78 is 34.9. The Labute approximate surface area is 204 Å². The van der Waals surface area contributed by atoms with Crippen molar-refractivity contribution in [1.29, 1.82) is 0 Å². The number of aromatic nitrogens is 3. The average Bonchev–Trinajstić information content (AvgIpc) is 3.24. The molecular weight excluding hydrogens is 567 g/mol. The minimum atomic E-state index is -3.39. The number of pyridine rings is 1. The molecule has 0 spiro atoms. The number of amides is 1. The summed E-state index contributed by atoms with van der Waals surface area (Å²) in [5.74, 6) is 0.158. The number of alkyl halides is 3. The lowest BCUT2D eigenvalue weighted by Crippen LogP contribution is -2.23. The molecule has 4 rings (SSSR count). The van der Waals surface area contributed by atoms with Crippen LogP contribution in [0.15, 0.2) is 60.1 Å². The highest BCUT2D eigenvalue weighted by Gasteiger charge is 2.41. The highest BCUT2D eigenvalue weighted by Crippen LogP contribution is 2.35. The van der Waals surface area contributed by atoms with Gasteiger partial charge in [0.1, 0.15) is 12.1 Å². The summed E-state index contributed by atoms with van der Waals surface area (Å²) >= 11 is -1.66. The molecule has 1 amide bonds. The minimum Gasteiger partial charge on any atom is -0.606 e. The number of halogens is 3. The van der Waals surface area contributed by atoms with Gasteiger partial charge in [-0.3, -0.25) is 4.79 Å². The maximum absolute atomic E-state index is 13.3. The van der Waals surface area contributed by atoms with Crippen LogP contribution in [0, 0.1) is 0 Å². The van der Waals surface area contributed by atoms with E-state index in [0.29, 0.717) is 42.1 Å². The largest absolute Gasteiger partial charge is 0.606 e. The molecule has 0 saturated carbocycles. The number of rotatable bonds is 6. The first-order valence-electron chi connectivity index (χ1n) is 9.81. The molecule has 1 aliphatic rings. The molecular formula is C21H18F2IN5O3S. The number of nitrogens with one attached hydrogen (secondary N) is 1. The van der Waals surface area contributed by atoms with Crippen molar-refractivity contribution in [2.75, 3.05) is 23.3 Å². The van der Waals surface area contributed by atoms with E-state index in [1.165, 1.54) is 36.8 Å². The Hall–Kier alpha value is -2.42. The maximum Gasteiger partial charge on any atom is 0.462 e. The molecule has 1 fully saturated rings. The van der Waals surface area contributed by atoms with Crippen molar-refractivity contribution in [2.24, 2.45) is 0 Å². The number of aliphatic hydroxyl groups is 1. The number of β-amino-alcohol motifs (C(OH)–C–C–N with tert-alkyl or cyclic N) is 1. The van der Waals surface area contributed by atoms with Gasteiger partial charge in [-0.2, -0.15) is 0 Å². The van der Waals surface area contributed by atoms with Gasteiger partial charge in [-0.1, -0.05) is 0 Å². The monoisotopic (exact) mass is 585 g/mol. The van der Waals surface area contributed by atoms with Crippen molar-refractivity contribution in [3.05, 3.63) is 60.8 Å². The fourth-order valence-corrected chi connectivity index (χ4v) is 4.83. The van der Waals surface area contributed by atoms with Crippen molar-refractivity contribution in [2.45, 2.75) is 20.7 Å². The van der Waals surface area contributed by atoms with Gasteiger partial charge in [0.25, 0.3) is 5.91 Å². The number of aliphatic hydroxyl groups excluding tert-OH is 1. The number of carbonyl (C=O) groups excluding carboxylic acids is 1. The van der Waals surface area contributed by atoms with Gasteiger partial charge in [-0.15, -0.1) is 8.78 Å². The van der Waals surface area contributed by atoms with Crippen LogP contribution in [-0.4, -0.2) is 53.0 Å². The van der Waals surface area contributed by atoms with E-state index in [9.17, 15) is 23.2 Å². The normalized spacial score (nSPS) is 17.1. The molecule has 1 aliphatic heterocycles. The first-order valence-corrected chi connectivity index (χ1v) is 12.0. The fraction of sp³-hybridized carbons (Fsp3) is 0.238. The molecule has 172 valence electrons. The second kappa shape index (κ2) is 9.83. The molecule has 8 nitrogen and oxygen atoms in total. The molecule has 12 heteroatoms. The molecule has 3 aromatic rings. The number of anilines is 2. The molecule has 2 aromatic heterocycles. The third kappa shape index (κ3) is 5.57. The summed E-state index contributed by atoms with van der Waals surface area (Å²) in [6, 6.07) is 7.05. The van der Waals surface area contributed by atoms with Gasteiger partial charge in [-0.05, 0) is 36.8 Å². The summed E-state index contributed by atoms with van der Waals surface area (Å²) in [7, 11) is 0. The minimum absolute atomic E-state index is 0.0439. The van der Waals surface area contributed by atoms with Gasteiger partial charge in [0.15, 0.2) is 4.90 Å². The summed E-state index contributed by atoms with van der Waals surface area (Å²) in [5.41, 5.74) is 1.94. The summed E-state index contributed by atoms with van der Waals surface area (Å²) in [6.07, 6.45) is 6.24. The Balaban J connectivity index is 1.58. The fourth-order valence-electron chi connectivity index (χ4n) is 3.42. The van der Waals surface area contributed by atoms with Crippen LogP contribution >= 0.6 is 22.6 Å². The van der Waals surface area contributed by atoms with Gasteiger partial charge in [0.05, 0.1) is 45.4 Å². The maximum atomic E-state index is 13.3. The topological polar surface area (TPSA) is 114 Å². The van der Waals surface area contributed by atoms with Crippen LogP contribution in [0.2, 0.25) is 0 Å². The predicted octanol–water partition coefficient (Wildman–Crippen LogP) is 3.45. The zero-order valence-electron chi connectivity index (χ0n) is 17.0. The molecule has 0 aliphatic carbocycles. The van der Waals surface area contributed by atoms with Crippen molar-refractivity contribution < 1.29 is 23.2 Å². The molecule has 1 saturated heterocycles. The molecule has 1 unspecified atom stereocenters. The lowest BCUT2D eigenvalue weighted by molar-refractivity contribution is 0.102. The molecule has 2 N–H and O–H groups in total. The second-order valence-electron chi connectivity index (χ2n) is 7.30. The van der Waals surface area contributed by atoms with Gasteiger partial charge < -0.3 is 19.9 Å². The molecule has 3 heterocycles. The standard InChI is InChI=1S/C21H18F2IN5O3S/c22-21(23,24)33(32)17-3-1-15(2-4-17)28-20(31)13-7-18(14-8-25-12-26-9-14)19(27-10-13)29-6-5-16(30)11-29/h1-4,7-10,12,16,30H,5-6,11H2,(H,28,31)/t16-,33?/m1/s1.